The summed E-state index contributed by atoms with van der Waals surface area (Å²) in [5.41, 5.74) is 12.9. The normalized spacial score (nSPS) is 17.1. The summed E-state index contributed by atoms with van der Waals surface area (Å²) in [5.74, 6) is 0.205. The first-order valence-corrected chi connectivity index (χ1v) is 13.4. The summed E-state index contributed by atoms with van der Waals surface area (Å²) < 4.78 is 11.4. The second kappa shape index (κ2) is 10.3. The van der Waals surface area contributed by atoms with Gasteiger partial charge in [-0.15, -0.1) is 0 Å². The molecule has 6 rings (SSSR count). The van der Waals surface area contributed by atoms with Crippen molar-refractivity contribution in [3.05, 3.63) is 64.2 Å². The molecule has 3 aromatic rings. The van der Waals surface area contributed by atoms with Gasteiger partial charge in [0.2, 0.25) is 5.91 Å². The molecule has 192 valence electrons. The Bertz CT molecular complexity index is 1330. The summed E-state index contributed by atoms with van der Waals surface area (Å²) in [6, 6.07) is 13.9. The lowest BCUT2D eigenvalue weighted by Crippen LogP contribution is -2.36. The van der Waals surface area contributed by atoms with Gasteiger partial charge in [0.25, 0.3) is 0 Å². The van der Waals surface area contributed by atoms with E-state index in [-0.39, 0.29) is 0 Å². The Morgan fingerprint density at radius 3 is 2.62 bits per heavy atom. The third kappa shape index (κ3) is 4.91. The minimum absolute atomic E-state index is 0.450. The van der Waals surface area contributed by atoms with Crippen molar-refractivity contribution in [3.8, 4) is 28.3 Å². The molecule has 1 aromatic heterocycles. The molecule has 0 unspecified atom stereocenters. The zero-order chi connectivity index (χ0) is 25.4. The van der Waals surface area contributed by atoms with E-state index in [1.807, 2.05) is 18.2 Å². The van der Waals surface area contributed by atoms with Crippen molar-refractivity contribution in [2.75, 3.05) is 57.4 Å². The first kappa shape index (κ1) is 24.2. The molecule has 2 aromatic carbocycles. The van der Waals surface area contributed by atoms with Gasteiger partial charge in [-0.25, -0.2) is 4.98 Å². The lowest BCUT2D eigenvalue weighted by Gasteiger charge is -2.29. The molecule has 1 amide bonds. The molecule has 0 spiro atoms. The van der Waals surface area contributed by atoms with Gasteiger partial charge in [0, 0.05) is 48.4 Å². The summed E-state index contributed by atoms with van der Waals surface area (Å²) in [6.45, 7) is 7.00. The minimum Gasteiger partial charge on any atom is -0.491 e. The number of halogens is 1. The number of aromatic nitrogens is 1. The number of carbonyl (C=O) groups excluding carboxylic acids is 1. The second-order valence-electron chi connectivity index (χ2n) is 9.91. The lowest BCUT2D eigenvalue weighted by atomic mass is 10.0. The first-order chi connectivity index (χ1) is 18.1. The number of likely N-dealkylation sites (tertiary alicyclic amines) is 1. The van der Waals surface area contributed by atoms with Crippen LogP contribution in [-0.4, -0.2) is 68.3 Å². The van der Waals surface area contributed by atoms with Crippen molar-refractivity contribution < 1.29 is 14.3 Å². The second-order valence-corrected chi connectivity index (χ2v) is 10.3. The number of benzene rings is 2. The molecule has 0 saturated carbocycles. The van der Waals surface area contributed by atoms with E-state index in [2.05, 4.69) is 28.0 Å². The maximum absolute atomic E-state index is 12.5. The van der Waals surface area contributed by atoms with Gasteiger partial charge in [0.15, 0.2) is 0 Å². The Hall–Kier alpha value is -3.13. The molecule has 0 radical (unpaired) electrons. The summed E-state index contributed by atoms with van der Waals surface area (Å²) in [4.78, 5) is 22.2. The van der Waals surface area contributed by atoms with E-state index < -0.39 is 5.91 Å². The number of nitrogens with zero attached hydrogens (tertiary/aromatic N) is 3. The number of pyridine rings is 1. The van der Waals surface area contributed by atoms with Crippen LogP contribution in [0.4, 0.5) is 5.69 Å². The molecule has 1 aliphatic carbocycles. The molecule has 2 aliphatic heterocycles. The zero-order valence-electron chi connectivity index (χ0n) is 20.8. The predicted molar refractivity (Wildman–Crippen MR) is 146 cm³/mol. The van der Waals surface area contributed by atoms with Crippen LogP contribution in [0, 0.1) is 0 Å². The topological polar surface area (TPSA) is 80.9 Å². The van der Waals surface area contributed by atoms with E-state index >= 15 is 0 Å². The number of hydrogen-bond donors (Lipinski definition) is 1. The quantitative estimate of drug-likeness (QED) is 0.391. The fourth-order valence-corrected chi connectivity index (χ4v) is 5.81. The highest BCUT2D eigenvalue weighted by Crippen LogP contribution is 2.41. The van der Waals surface area contributed by atoms with E-state index in [1.165, 1.54) is 18.5 Å². The van der Waals surface area contributed by atoms with Crippen LogP contribution in [0.15, 0.2) is 42.5 Å². The first-order valence-electron chi connectivity index (χ1n) is 13.0. The Balaban J connectivity index is 1.27. The molecular formula is C29H31ClN4O3. The maximum atomic E-state index is 12.5. The third-order valence-corrected chi connectivity index (χ3v) is 7.86. The van der Waals surface area contributed by atoms with Crippen LogP contribution in [0.2, 0.25) is 5.02 Å². The number of anilines is 1. The third-order valence-electron chi connectivity index (χ3n) is 7.57. The standard InChI is InChI=1S/C29H31ClN4O3/c30-25-17-19(3-6-27(25)37-14-9-33-7-1-2-8-33)26-18-24(29(31)35)23-16-20-15-21(34-10-12-36-13-11-34)4-5-22(20)28(23)32-26/h3-6,15,17-18H,1-2,7-14,16H2,(H2,31,35). The molecule has 7 nitrogen and oxygen atoms in total. The molecule has 2 saturated heterocycles. The van der Waals surface area contributed by atoms with Crippen LogP contribution in [0.1, 0.15) is 34.3 Å². The lowest BCUT2D eigenvalue weighted by molar-refractivity contribution is 0.0999. The van der Waals surface area contributed by atoms with Crippen LogP contribution >= 0.6 is 11.6 Å². The number of amides is 1. The summed E-state index contributed by atoms with van der Waals surface area (Å²) >= 11 is 6.60. The summed E-state index contributed by atoms with van der Waals surface area (Å²) in [7, 11) is 0. The molecule has 3 heterocycles. The smallest absolute Gasteiger partial charge is 0.249 e. The van der Waals surface area contributed by atoms with Crippen LogP contribution in [0.3, 0.4) is 0 Å². The van der Waals surface area contributed by atoms with Gasteiger partial charge in [0.05, 0.1) is 29.6 Å². The maximum Gasteiger partial charge on any atom is 0.249 e. The Morgan fingerprint density at radius 2 is 1.86 bits per heavy atom. The molecule has 2 fully saturated rings. The molecule has 8 heteroatoms. The average Bonchev–Trinajstić information content (AvgIpc) is 3.57. The largest absolute Gasteiger partial charge is 0.491 e. The Labute approximate surface area is 222 Å². The zero-order valence-corrected chi connectivity index (χ0v) is 21.6. The number of carbonyl (C=O) groups is 1. The molecule has 3 aliphatic rings. The highest BCUT2D eigenvalue weighted by atomic mass is 35.5. The van der Waals surface area contributed by atoms with Crippen LogP contribution in [-0.2, 0) is 11.2 Å². The van der Waals surface area contributed by atoms with Crippen molar-refractivity contribution in [2.24, 2.45) is 5.73 Å². The highest BCUT2D eigenvalue weighted by Gasteiger charge is 2.27. The Morgan fingerprint density at radius 1 is 1.05 bits per heavy atom. The number of ether oxygens (including phenoxy) is 2. The van der Waals surface area contributed by atoms with Gasteiger partial charge < -0.3 is 20.1 Å². The minimum atomic E-state index is -0.450. The average molecular weight is 519 g/mol. The van der Waals surface area contributed by atoms with Crippen molar-refractivity contribution in [2.45, 2.75) is 19.3 Å². The van der Waals surface area contributed by atoms with Gasteiger partial charge in [-0.05, 0) is 73.5 Å². The monoisotopic (exact) mass is 518 g/mol. The van der Waals surface area contributed by atoms with Gasteiger partial charge in [0.1, 0.15) is 12.4 Å². The van der Waals surface area contributed by atoms with Crippen molar-refractivity contribution in [1.29, 1.82) is 0 Å². The number of nitrogens with two attached hydrogens (primary N) is 1. The van der Waals surface area contributed by atoms with E-state index in [1.54, 1.807) is 6.07 Å². The van der Waals surface area contributed by atoms with Crippen molar-refractivity contribution in [3.63, 3.8) is 0 Å². The van der Waals surface area contributed by atoms with E-state index in [0.717, 1.165) is 73.9 Å². The summed E-state index contributed by atoms with van der Waals surface area (Å²) in [5, 5.41) is 0.525. The fraction of sp³-hybridized carbons (Fsp3) is 0.379. The van der Waals surface area contributed by atoms with Crippen molar-refractivity contribution >= 4 is 23.2 Å². The van der Waals surface area contributed by atoms with E-state index in [9.17, 15) is 4.79 Å². The van der Waals surface area contributed by atoms with E-state index in [0.29, 0.717) is 35.1 Å². The SMILES string of the molecule is NC(=O)c1cc(-c2ccc(OCCN3CCCC3)c(Cl)c2)nc2c1Cc1cc(N3CCOCC3)ccc1-2. The molecular weight excluding hydrogens is 488 g/mol. The van der Waals surface area contributed by atoms with Gasteiger partial charge in [-0.1, -0.05) is 17.7 Å². The molecule has 0 bridgehead atoms. The van der Waals surface area contributed by atoms with Crippen LogP contribution < -0.4 is 15.4 Å². The van der Waals surface area contributed by atoms with Gasteiger partial charge >= 0.3 is 0 Å². The van der Waals surface area contributed by atoms with Crippen LogP contribution in [0.25, 0.3) is 22.5 Å². The Kier molecular flexibility index (Phi) is 6.76. The van der Waals surface area contributed by atoms with Gasteiger partial charge in [-0.3, -0.25) is 9.69 Å². The number of morpholine rings is 1. The number of rotatable bonds is 7. The highest BCUT2D eigenvalue weighted by molar-refractivity contribution is 6.32. The van der Waals surface area contributed by atoms with Crippen LogP contribution in [0.5, 0.6) is 5.75 Å². The number of primary amides is 1. The predicted octanol–water partition coefficient (Wildman–Crippen LogP) is 4.38. The molecule has 2 N–H and O–H groups in total. The molecule has 37 heavy (non-hydrogen) atoms. The fourth-order valence-electron chi connectivity index (χ4n) is 5.58. The van der Waals surface area contributed by atoms with E-state index in [4.69, 9.17) is 31.8 Å². The number of fused-ring (bicyclic) bond motifs is 3. The molecule has 0 atom stereocenters. The van der Waals surface area contributed by atoms with Gasteiger partial charge in [-0.2, -0.15) is 0 Å². The number of hydrogen-bond acceptors (Lipinski definition) is 6. The van der Waals surface area contributed by atoms with Crippen molar-refractivity contribution in [1.82, 2.24) is 9.88 Å². The summed E-state index contributed by atoms with van der Waals surface area (Å²) in [6.07, 6.45) is 3.16.